The highest BCUT2D eigenvalue weighted by atomic mass is 15.2. The fourth-order valence-electron chi connectivity index (χ4n) is 8.83. The van der Waals surface area contributed by atoms with Gasteiger partial charge >= 0.3 is 0 Å². The molecule has 6 heteroatoms. The monoisotopic (exact) mass is 728 g/mol. The van der Waals surface area contributed by atoms with E-state index in [-0.39, 0.29) is 0 Å². The Labute approximate surface area is 327 Å². The van der Waals surface area contributed by atoms with E-state index in [9.17, 15) is 0 Å². The average molecular weight is 729 g/mol. The van der Waals surface area contributed by atoms with Gasteiger partial charge in [0.25, 0.3) is 0 Å². The molecular formula is C51H32N6. The Bertz CT molecular complexity index is 3450. The smallest absolute Gasteiger partial charge is 0.238 e. The number of fused-ring (bicyclic) bond motifs is 10. The summed E-state index contributed by atoms with van der Waals surface area (Å²) in [5.41, 5.74) is 10.7. The van der Waals surface area contributed by atoms with Gasteiger partial charge in [-0.3, -0.25) is 4.57 Å². The van der Waals surface area contributed by atoms with Crippen LogP contribution < -0.4 is 0 Å². The predicted octanol–water partition coefficient (Wildman–Crippen LogP) is 12.5. The van der Waals surface area contributed by atoms with E-state index in [2.05, 4.69) is 171 Å². The molecule has 57 heavy (non-hydrogen) atoms. The van der Waals surface area contributed by atoms with Crippen molar-refractivity contribution in [2.45, 2.75) is 0 Å². The summed E-state index contributed by atoms with van der Waals surface area (Å²) in [5, 5.41) is 7.04. The summed E-state index contributed by atoms with van der Waals surface area (Å²) in [6, 6.07) is 68.5. The van der Waals surface area contributed by atoms with Crippen LogP contribution in [0.2, 0.25) is 0 Å². The van der Waals surface area contributed by atoms with E-state index in [4.69, 9.17) is 15.0 Å². The number of aromatic nitrogens is 6. The largest absolute Gasteiger partial charge is 0.309 e. The third-order valence-corrected chi connectivity index (χ3v) is 11.3. The Morgan fingerprint density at radius 3 is 1.28 bits per heavy atom. The molecule has 0 unspecified atom stereocenters. The molecule has 266 valence electrons. The molecule has 0 bridgehead atoms. The lowest BCUT2D eigenvalue weighted by Crippen LogP contribution is -2.07. The van der Waals surface area contributed by atoms with Crippen LogP contribution in [0.4, 0.5) is 0 Å². The topological polar surface area (TPSA) is 53.5 Å². The molecule has 0 fully saturated rings. The Hall–Kier alpha value is -7.83. The minimum absolute atomic E-state index is 0.567. The molecule has 4 heterocycles. The number of rotatable bonds is 5. The minimum Gasteiger partial charge on any atom is -0.309 e. The van der Waals surface area contributed by atoms with E-state index in [1.807, 2.05) is 36.4 Å². The van der Waals surface area contributed by atoms with Gasteiger partial charge in [-0.25, -0.2) is 4.98 Å². The maximum atomic E-state index is 5.27. The fourth-order valence-corrected chi connectivity index (χ4v) is 8.83. The van der Waals surface area contributed by atoms with Crippen LogP contribution in [0.15, 0.2) is 194 Å². The first-order valence-corrected chi connectivity index (χ1v) is 19.2. The van der Waals surface area contributed by atoms with Crippen molar-refractivity contribution in [1.82, 2.24) is 28.7 Å². The number of hydrogen-bond acceptors (Lipinski definition) is 3. The fraction of sp³-hybridized carbons (Fsp3) is 0. The third kappa shape index (κ3) is 4.74. The van der Waals surface area contributed by atoms with Crippen molar-refractivity contribution in [1.29, 1.82) is 0 Å². The molecule has 12 aromatic rings. The lowest BCUT2D eigenvalue weighted by molar-refractivity contribution is 0.953. The Kier molecular flexibility index (Phi) is 6.83. The van der Waals surface area contributed by atoms with Gasteiger partial charge in [-0.1, -0.05) is 152 Å². The van der Waals surface area contributed by atoms with E-state index < -0.39 is 0 Å². The van der Waals surface area contributed by atoms with Crippen molar-refractivity contribution in [3.63, 3.8) is 0 Å². The Morgan fingerprint density at radius 2 is 0.702 bits per heavy atom. The quantitative estimate of drug-likeness (QED) is 0.177. The molecule has 0 aliphatic carbocycles. The van der Waals surface area contributed by atoms with Gasteiger partial charge in [0.15, 0.2) is 11.6 Å². The van der Waals surface area contributed by atoms with Gasteiger partial charge in [0, 0.05) is 54.8 Å². The summed E-state index contributed by atoms with van der Waals surface area (Å²) in [6.07, 6.45) is 0. The van der Waals surface area contributed by atoms with Crippen molar-refractivity contribution >= 4 is 65.4 Å². The minimum atomic E-state index is 0.567. The zero-order valence-electron chi connectivity index (χ0n) is 30.7. The van der Waals surface area contributed by atoms with Crippen molar-refractivity contribution in [2.75, 3.05) is 0 Å². The van der Waals surface area contributed by atoms with Crippen LogP contribution in [0, 0.1) is 0 Å². The molecule has 0 amide bonds. The van der Waals surface area contributed by atoms with Gasteiger partial charge in [-0.2, -0.15) is 9.97 Å². The lowest BCUT2D eigenvalue weighted by atomic mass is 10.1. The van der Waals surface area contributed by atoms with Gasteiger partial charge in [-0.05, 0) is 42.5 Å². The van der Waals surface area contributed by atoms with Crippen LogP contribution >= 0.6 is 0 Å². The second-order valence-corrected chi connectivity index (χ2v) is 14.5. The summed E-state index contributed by atoms with van der Waals surface area (Å²) in [6.45, 7) is 0. The van der Waals surface area contributed by atoms with Gasteiger partial charge in [0.1, 0.15) is 0 Å². The lowest BCUT2D eigenvalue weighted by Gasteiger charge is -2.14. The van der Waals surface area contributed by atoms with Crippen LogP contribution in [0.3, 0.4) is 0 Å². The van der Waals surface area contributed by atoms with Crippen molar-refractivity contribution < 1.29 is 0 Å². The number of hydrogen-bond donors (Lipinski definition) is 0. The standard InChI is InChI=1S/C51H32N6/c1-4-16-33(17-5-1)49-52-50(34-18-6-2-7-19-34)54-51(53-49)57-45-27-15-12-24-39(45)42-31-30-41-38-23-11-14-26-44(38)56(47(41)48(42)57)36-28-29-40-37-22-10-13-25-43(37)55(46(40)32-36)35-20-8-3-9-21-35/h1-32H. The molecule has 0 saturated heterocycles. The molecule has 0 spiro atoms. The summed E-state index contributed by atoms with van der Waals surface area (Å²) < 4.78 is 7.07. The molecule has 4 aromatic heterocycles. The van der Waals surface area contributed by atoms with Gasteiger partial charge in [0.05, 0.1) is 33.1 Å². The highest BCUT2D eigenvalue weighted by molar-refractivity contribution is 6.24. The molecule has 0 radical (unpaired) electrons. The Balaban J connectivity index is 1.23. The number of benzene rings is 8. The normalized spacial score (nSPS) is 11.9. The van der Waals surface area contributed by atoms with Crippen LogP contribution in [-0.4, -0.2) is 28.7 Å². The molecule has 6 nitrogen and oxygen atoms in total. The zero-order chi connectivity index (χ0) is 37.5. The molecule has 0 aliphatic rings. The third-order valence-electron chi connectivity index (χ3n) is 11.3. The maximum Gasteiger partial charge on any atom is 0.238 e. The SMILES string of the molecule is c1ccc(-c2nc(-c3ccccc3)nc(-n3c4ccccc4c4ccc5c6ccccc6n(-c6ccc7c8ccccc8n(-c8ccccc8)c7c6)c5c43)n2)cc1. The summed E-state index contributed by atoms with van der Waals surface area (Å²) in [4.78, 5) is 15.6. The molecule has 8 aromatic carbocycles. The maximum absolute atomic E-state index is 5.27. The molecule has 0 atom stereocenters. The number of nitrogens with zero attached hydrogens (tertiary/aromatic N) is 6. The summed E-state index contributed by atoms with van der Waals surface area (Å²) in [5.74, 6) is 1.81. The first kappa shape index (κ1) is 31.5. The van der Waals surface area contributed by atoms with Crippen molar-refractivity contribution in [3.05, 3.63) is 194 Å². The van der Waals surface area contributed by atoms with Gasteiger partial charge in [0.2, 0.25) is 5.95 Å². The van der Waals surface area contributed by atoms with Gasteiger partial charge in [-0.15, -0.1) is 0 Å². The summed E-state index contributed by atoms with van der Waals surface area (Å²) >= 11 is 0. The molecular weight excluding hydrogens is 697 g/mol. The predicted molar refractivity (Wildman–Crippen MR) is 234 cm³/mol. The molecule has 0 N–H and O–H groups in total. The van der Waals surface area contributed by atoms with E-state index in [1.165, 1.54) is 21.7 Å². The zero-order valence-corrected chi connectivity index (χ0v) is 30.7. The van der Waals surface area contributed by atoms with Crippen LogP contribution in [-0.2, 0) is 0 Å². The summed E-state index contributed by atoms with van der Waals surface area (Å²) in [7, 11) is 0. The second kappa shape index (κ2) is 12.3. The number of para-hydroxylation sites is 4. The van der Waals surface area contributed by atoms with Crippen molar-refractivity contribution in [2.24, 2.45) is 0 Å². The van der Waals surface area contributed by atoms with Crippen LogP contribution in [0.25, 0.3) is 106 Å². The van der Waals surface area contributed by atoms with E-state index in [0.29, 0.717) is 17.6 Å². The van der Waals surface area contributed by atoms with E-state index in [1.54, 1.807) is 0 Å². The highest BCUT2D eigenvalue weighted by Gasteiger charge is 2.24. The van der Waals surface area contributed by atoms with Crippen LogP contribution in [0.5, 0.6) is 0 Å². The Morgan fingerprint density at radius 1 is 0.281 bits per heavy atom. The highest BCUT2D eigenvalue weighted by Crippen LogP contribution is 2.42. The molecule has 0 saturated carbocycles. The van der Waals surface area contributed by atoms with Crippen molar-refractivity contribution in [3.8, 4) is 40.1 Å². The average Bonchev–Trinajstić information content (AvgIpc) is 3.93. The van der Waals surface area contributed by atoms with Gasteiger partial charge < -0.3 is 9.13 Å². The molecule has 0 aliphatic heterocycles. The molecule has 12 rings (SSSR count). The first-order valence-electron chi connectivity index (χ1n) is 19.2. The second-order valence-electron chi connectivity index (χ2n) is 14.5. The van der Waals surface area contributed by atoms with E-state index >= 15 is 0 Å². The van der Waals surface area contributed by atoms with E-state index in [0.717, 1.165) is 66.2 Å². The first-order chi connectivity index (χ1) is 28.3. The van der Waals surface area contributed by atoms with Crippen LogP contribution in [0.1, 0.15) is 0 Å².